The molecule has 0 aliphatic heterocycles. The Balaban J connectivity index is 3.37. The van der Waals surface area contributed by atoms with Gasteiger partial charge in [-0.3, -0.25) is 4.79 Å². The van der Waals surface area contributed by atoms with Crippen LogP contribution < -0.4 is 11.2 Å². The monoisotopic (exact) mass is 190 g/mol. The lowest BCUT2D eigenvalue weighted by molar-refractivity contribution is 0.149. The second kappa shape index (κ2) is 3.53. The fraction of sp³-hybridized carbons (Fsp3) is 0.286. The Morgan fingerprint density at radius 3 is 2.69 bits per heavy atom. The summed E-state index contributed by atoms with van der Waals surface area (Å²) < 4.78 is 24.3. The Labute approximate surface area is 72.0 Å². The van der Waals surface area contributed by atoms with Crippen LogP contribution in [0.25, 0.3) is 0 Å². The van der Waals surface area contributed by atoms with E-state index in [1.165, 1.54) is 0 Å². The van der Waals surface area contributed by atoms with Crippen molar-refractivity contribution in [1.29, 1.82) is 0 Å². The van der Waals surface area contributed by atoms with Crippen molar-refractivity contribution >= 4 is 5.82 Å². The van der Waals surface area contributed by atoms with Crippen LogP contribution in [0.15, 0.2) is 11.0 Å². The molecule has 1 heterocycles. The molecular weight excluding hydrogens is 182 g/mol. The van der Waals surface area contributed by atoms with Gasteiger partial charge in [-0.2, -0.15) is 0 Å². The van der Waals surface area contributed by atoms with Gasteiger partial charge in [0.15, 0.2) is 5.43 Å². The minimum atomic E-state index is -2.87. The Bertz CT molecular complexity index is 362. The zero-order chi connectivity index (χ0) is 10.0. The number of aromatic nitrogens is 1. The zero-order valence-corrected chi connectivity index (χ0v) is 6.55. The minimum Gasteiger partial charge on any atom is -0.391 e. The molecule has 13 heavy (non-hydrogen) atoms. The summed E-state index contributed by atoms with van der Waals surface area (Å²) in [5.74, 6) is -0.0862. The van der Waals surface area contributed by atoms with Gasteiger partial charge in [-0.25, -0.2) is 8.78 Å². The lowest BCUT2D eigenvalue weighted by atomic mass is 10.2. The molecule has 0 unspecified atom stereocenters. The number of pyridine rings is 1. The summed E-state index contributed by atoms with van der Waals surface area (Å²) in [6.45, 7) is -0.651. The maximum atomic E-state index is 12.1. The molecule has 0 atom stereocenters. The summed E-state index contributed by atoms with van der Waals surface area (Å²) in [6, 6.07) is 0. The van der Waals surface area contributed by atoms with Crippen molar-refractivity contribution in [2.24, 2.45) is 0 Å². The van der Waals surface area contributed by atoms with Gasteiger partial charge in [0.25, 0.3) is 6.43 Å². The third-order valence-electron chi connectivity index (χ3n) is 1.64. The number of nitrogen functional groups attached to an aromatic ring is 1. The molecule has 6 heteroatoms. The second-order valence-corrected chi connectivity index (χ2v) is 2.42. The summed E-state index contributed by atoms with van der Waals surface area (Å²) in [7, 11) is 0. The van der Waals surface area contributed by atoms with Crippen LogP contribution in [-0.2, 0) is 6.61 Å². The molecule has 0 aliphatic rings. The predicted octanol–water partition coefficient (Wildman–Crippen LogP) is 0.387. The summed E-state index contributed by atoms with van der Waals surface area (Å²) in [5, 5.41) is 8.66. The number of nitrogens with one attached hydrogen (secondary N) is 1. The van der Waals surface area contributed by atoms with Crippen LogP contribution in [-0.4, -0.2) is 10.1 Å². The molecule has 0 bridgehead atoms. The number of H-pyrrole nitrogens is 1. The molecular formula is C7H8F2N2O2. The van der Waals surface area contributed by atoms with E-state index in [1.54, 1.807) is 0 Å². The number of hydrogen-bond donors (Lipinski definition) is 3. The van der Waals surface area contributed by atoms with E-state index in [-0.39, 0.29) is 11.4 Å². The van der Waals surface area contributed by atoms with Crippen molar-refractivity contribution in [3.63, 3.8) is 0 Å². The average Bonchev–Trinajstić information content (AvgIpc) is 2.04. The highest BCUT2D eigenvalue weighted by Gasteiger charge is 2.15. The smallest absolute Gasteiger partial charge is 0.269 e. The Kier molecular flexibility index (Phi) is 2.62. The van der Waals surface area contributed by atoms with Crippen LogP contribution in [0.1, 0.15) is 17.6 Å². The molecule has 0 radical (unpaired) electrons. The third kappa shape index (κ3) is 1.67. The predicted molar refractivity (Wildman–Crippen MR) is 42.4 cm³/mol. The molecule has 72 valence electrons. The quantitative estimate of drug-likeness (QED) is 0.631. The lowest BCUT2D eigenvalue weighted by Crippen LogP contribution is -2.18. The van der Waals surface area contributed by atoms with Crippen LogP contribution in [0.2, 0.25) is 0 Å². The largest absolute Gasteiger partial charge is 0.391 e. The maximum absolute atomic E-state index is 12.1. The molecule has 0 aromatic carbocycles. The Morgan fingerprint density at radius 2 is 2.23 bits per heavy atom. The minimum absolute atomic E-state index is 0.0862. The Hall–Kier alpha value is -1.43. The lowest BCUT2D eigenvalue weighted by Gasteiger charge is -2.04. The van der Waals surface area contributed by atoms with E-state index in [4.69, 9.17) is 10.8 Å². The van der Waals surface area contributed by atoms with E-state index in [0.717, 1.165) is 6.20 Å². The molecule has 0 saturated heterocycles. The first kappa shape index (κ1) is 9.66. The molecule has 1 aromatic rings. The molecule has 4 nitrogen and oxygen atoms in total. The van der Waals surface area contributed by atoms with Crippen molar-refractivity contribution in [2.45, 2.75) is 13.0 Å². The molecule has 0 fully saturated rings. The van der Waals surface area contributed by atoms with Gasteiger partial charge in [-0.1, -0.05) is 0 Å². The molecule has 1 rings (SSSR count). The number of aromatic amines is 1. The number of aliphatic hydroxyl groups excluding tert-OH is 1. The van der Waals surface area contributed by atoms with Crippen LogP contribution in [0.5, 0.6) is 0 Å². The SMILES string of the molecule is Nc1[nH]cc(C(F)F)c(=O)c1CO. The molecule has 0 amide bonds. The van der Waals surface area contributed by atoms with Gasteiger partial charge in [0.2, 0.25) is 0 Å². The van der Waals surface area contributed by atoms with Crippen molar-refractivity contribution in [2.75, 3.05) is 5.73 Å². The molecule has 1 aromatic heterocycles. The molecule has 0 aliphatic carbocycles. The molecule has 0 spiro atoms. The van der Waals surface area contributed by atoms with Crippen LogP contribution in [0.4, 0.5) is 14.6 Å². The van der Waals surface area contributed by atoms with E-state index >= 15 is 0 Å². The van der Waals surface area contributed by atoms with Gasteiger partial charge in [-0.05, 0) is 0 Å². The van der Waals surface area contributed by atoms with Gasteiger partial charge in [0, 0.05) is 6.20 Å². The first-order chi connectivity index (χ1) is 6.07. The summed E-state index contributed by atoms with van der Waals surface area (Å²) in [6.07, 6.45) is -2.02. The van der Waals surface area contributed by atoms with Gasteiger partial charge in [0.05, 0.1) is 17.7 Å². The second-order valence-electron chi connectivity index (χ2n) is 2.42. The first-order valence-corrected chi connectivity index (χ1v) is 3.47. The fourth-order valence-corrected chi connectivity index (χ4v) is 0.924. The number of halogens is 2. The van der Waals surface area contributed by atoms with Crippen molar-refractivity contribution in [1.82, 2.24) is 4.98 Å². The van der Waals surface area contributed by atoms with Crippen LogP contribution in [0.3, 0.4) is 0 Å². The molecule has 0 saturated carbocycles. The van der Waals surface area contributed by atoms with Gasteiger partial charge in [-0.15, -0.1) is 0 Å². The highest BCUT2D eigenvalue weighted by molar-refractivity contribution is 5.40. The van der Waals surface area contributed by atoms with Crippen molar-refractivity contribution < 1.29 is 13.9 Å². The van der Waals surface area contributed by atoms with E-state index < -0.39 is 24.0 Å². The van der Waals surface area contributed by atoms with E-state index in [9.17, 15) is 13.6 Å². The third-order valence-corrected chi connectivity index (χ3v) is 1.64. The average molecular weight is 190 g/mol. The number of hydrogen-bond acceptors (Lipinski definition) is 3. The van der Waals surface area contributed by atoms with Gasteiger partial charge < -0.3 is 15.8 Å². The van der Waals surface area contributed by atoms with Gasteiger partial charge in [0.1, 0.15) is 5.82 Å². The number of aliphatic hydroxyl groups is 1. The molecule has 4 N–H and O–H groups in total. The van der Waals surface area contributed by atoms with E-state index in [0.29, 0.717) is 0 Å². The van der Waals surface area contributed by atoms with Gasteiger partial charge >= 0.3 is 0 Å². The van der Waals surface area contributed by atoms with Crippen molar-refractivity contribution in [3.8, 4) is 0 Å². The zero-order valence-electron chi connectivity index (χ0n) is 6.55. The topological polar surface area (TPSA) is 79.1 Å². The van der Waals surface area contributed by atoms with Crippen LogP contribution >= 0.6 is 0 Å². The normalized spacial score (nSPS) is 10.8. The van der Waals surface area contributed by atoms with E-state index in [1.807, 2.05) is 0 Å². The maximum Gasteiger partial charge on any atom is 0.269 e. The number of rotatable bonds is 2. The summed E-state index contributed by atoms with van der Waals surface area (Å²) in [4.78, 5) is 13.4. The standard InChI is InChI=1S/C7H8F2N2O2/c8-6(9)3-1-11-7(10)4(2-12)5(3)13/h1,6,12H,2H2,(H3,10,11,13). The Morgan fingerprint density at radius 1 is 1.62 bits per heavy atom. The fourth-order valence-electron chi connectivity index (χ4n) is 0.924. The summed E-state index contributed by atoms with van der Waals surface area (Å²) >= 11 is 0. The number of alkyl halides is 2. The highest BCUT2D eigenvalue weighted by Crippen LogP contribution is 2.15. The summed E-state index contributed by atoms with van der Waals surface area (Å²) in [5.41, 5.74) is 3.43. The van der Waals surface area contributed by atoms with E-state index in [2.05, 4.69) is 4.98 Å². The number of nitrogens with two attached hydrogens (primary N) is 1. The van der Waals surface area contributed by atoms with Crippen LogP contribution in [0, 0.1) is 0 Å². The highest BCUT2D eigenvalue weighted by atomic mass is 19.3. The number of anilines is 1. The first-order valence-electron chi connectivity index (χ1n) is 3.47. The van der Waals surface area contributed by atoms with Crippen molar-refractivity contribution in [3.05, 3.63) is 27.5 Å².